The van der Waals surface area contributed by atoms with Crippen LogP contribution in [0, 0.1) is 0 Å². The third-order valence-corrected chi connectivity index (χ3v) is 5.41. The molecule has 1 aliphatic rings. The van der Waals surface area contributed by atoms with Crippen molar-refractivity contribution < 1.29 is 0 Å². The standard InChI is InChI=1S/C18H16Cl2N8/c19-13-9-12(10-14(20)11-13)18-23-22-16-1-2-17(24-28(16)18)26-6-3-15(4-7-26)27-8-5-21-25-27/h1-2,5,8-11,15H,3-4,6-7H2. The molecule has 10 heteroatoms. The Morgan fingerprint density at radius 1 is 0.964 bits per heavy atom. The lowest BCUT2D eigenvalue weighted by Crippen LogP contribution is -2.35. The maximum atomic E-state index is 6.15. The lowest BCUT2D eigenvalue weighted by molar-refractivity contribution is 0.359. The van der Waals surface area contributed by atoms with Crippen LogP contribution in [-0.4, -0.2) is 47.9 Å². The molecular weight excluding hydrogens is 399 g/mol. The number of fused-ring (bicyclic) bond motifs is 1. The first-order valence-corrected chi connectivity index (χ1v) is 9.73. The highest BCUT2D eigenvalue weighted by Gasteiger charge is 2.22. The molecule has 8 nitrogen and oxygen atoms in total. The van der Waals surface area contributed by atoms with Gasteiger partial charge in [-0.05, 0) is 43.2 Å². The average Bonchev–Trinajstić information content (AvgIpc) is 3.37. The van der Waals surface area contributed by atoms with Crippen LogP contribution < -0.4 is 4.90 Å². The molecule has 0 spiro atoms. The normalized spacial score (nSPS) is 15.4. The lowest BCUT2D eigenvalue weighted by atomic mass is 10.1. The second-order valence-corrected chi connectivity index (χ2v) is 7.62. The molecule has 4 heterocycles. The number of rotatable bonds is 3. The van der Waals surface area contributed by atoms with E-state index in [4.69, 9.17) is 28.3 Å². The zero-order valence-corrected chi connectivity index (χ0v) is 16.3. The van der Waals surface area contributed by atoms with Crippen LogP contribution in [0.15, 0.2) is 42.7 Å². The number of anilines is 1. The third kappa shape index (κ3) is 3.18. The quantitative estimate of drug-likeness (QED) is 0.510. The Morgan fingerprint density at radius 2 is 1.75 bits per heavy atom. The number of hydrogen-bond donors (Lipinski definition) is 0. The van der Waals surface area contributed by atoms with E-state index in [1.165, 1.54) is 0 Å². The van der Waals surface area contributed by atoms with Crippen molar-refractivity contribution in [2.75, 3.05) is 18.0 Å². The number of halogens is 2. The Kier molecular flexibility index (Phi) is 4.37. The highest BCUT2D eigenvalue weighted by atomic mass is 35.5. The summed E-state index contributed by atoms with van der Waals surface area (Å²) in [5, 5.41) is 22.4. The molecule has 28 heavy (non-hydrogen) atoms. The predicted octanol–water partition coefficient (Wildman–Crippen LogP) is 3.53. The number of piperidine rings is 1. The minimum Gasteiger partial charge on any atom is -0.355 e. The van der Waals surface area contributed by atoms with Crippen LogP contribution in [0.2, 0.25) is 10.0 Å². The summed E-state index contributed by atoms with van der Waals surface area (Å²) in [6.07, 6.45) is 5.62. The molecule has 0 radical (unpaired) electrons. The molecule has 0 atom stereocenters. The Labute approximate surface area is 170 Å². The number of benzene rings is 1. The van der Waals surface area contributed by atoms with E-state index >= 15 is 0 Å². The van der Waals surface area contributed by atoms with Crippen LogP contribution in [0.25, 0.3) is 17.0 Å². The van der Waals surface area contributed by atoms with Crippen molar-refractivity contribution in [3.8, 4) is 11.4 Å². The van der Waals surface area contributed by atoms with Gasteiger partial charge in [0.25, 0.3) is 0 Å². The molecule has 1 fully saturated rings. The summed E-state index contributed by atoms with van der Waals surface area (Å²) in [4.78, 5) is 2.27. The van der Waals surface area contributed by atoms with Crippen molar-refractivity contribution in [1.82, 2.24) is 34.8 Å². The summed E-state index contributed by atoms with van der Waals surface area (Å²) in [7, 11) is 0. The second kappa shape index (κ2) is 7.03. The molecule has 1 saturated heterocycles. The molecule has 0 saturated carbocycles. The van der Waals surface area contributed by atoms with Crippen LogP contribution in [0.3, 0.4) is 0 Å². The van der Waals surface area contributed by atoms with Gasteiger partial charge >= 0.3 is 0 Å². The van der Waals surface area contributed by atoms with E-state index in [-0.39, 0.29) is 0 Å². The molecule has 0 N–H and O–H groups in total. The van der Waals surface area contributed by atoms with Gasteiger partial charge in [0, 0.05) is 34.9 Å². The van der Waals surface area contributed by atoms with Gasteiger partial charge in [-0.2, -0.15) is 4.52 Å². The summed E-state index contributed by atoms with van der Waals surface area (Å²) >= 11 is 12.3. The Bertz CT molecular complexity index is 1100. The van der Waals surface area contributed by atoms with Crippen molar-refractivity contribution in [2.24, 2.45) is 0 Å². The maximum absolute atomic E-state index is 6.15. The van der Waals surface area contributed by atoms with Gasteiger partial charge in [-0.15, -0.1) is 20.4 Å². The summed E-state index contributed by atoms with van der Waals surface area (Å²) < 4.78 is 3.68. The molecule has 1 aliphatic heterocycles. The van der Waals surface area contributed by atoms with Crippen molar-refractivity contribution >= 4 is 34.7 Å². The van der Waals surface area contributed by atoms with Crippen molar-refractivity contribution in [2.45, 2.75) is 18.9 Å². The molecule has 0 bridgehead atoms. The lowest BCUT2D eigenvalue weighted by Gasteiger charge is -2.32. The fourth-order valence-corrected chi connectivity index (χ4v) is 4.11. The molecule has 1 aromatic carbocycles. The summed E-state index contributed by atoms with van der Waals surface area (Å²) in [6.45, 7) is 1.78. The van der Waals surface area contributed by atoms with E-state index in [0.29, 0.717) is 27.6 Å². The van der Waals surface area contributed by atoms with Gasteiger partial charge in [-0.3, -0.25) is 0 Å². The Morgan fingerprint density at radius 3 is 2.46 bits per heavy atom. The summed E-state index contributed by atoms with van der Waals surface area (Å²) in [5.74, 6) is 1.50. The first-order chi connectivity index (χ1) is 13.7. The highest BCUT2D eigenvalue weighted by Crippen LogP contribution is 2.28. The zero-order valence-electron chi connectivity index (χ0n) is 14.8. The van der Waals surface area contributed by atoms with Crippen LogP contribution in [-0.2, 0) is 0 Å². The summed E-state index contributed by atoms with van der Waals surface area (Å²) in [5.41, 5.74) is 1.45. The van der Waals surface area contributed by atoms with E-state index in [1.54, 1.807) is 16.8 Å². The first-order valence-electron chi connectivity index (χ1n) is 8.97. The van der Waals surface area contributed by atoms with Crippen LogP contribution in [0.5, 0.6) is 0 Å². The largest absolute Gasteiger partial charge is 0.355 e. The first kappa shape index (κ1) is 17.4. The zero-order chi connectivity index (χ0) is 19.1. The predicted molar refractivity (Wildman–Crippen MR) is 107 cm³/mol. The third-order valence-electron chi connectivity index (χ3n) is 4.97. The van der Waals surface area contributed by atoms with E-state index in [2.05, 4.69) is 25.4 Å². The summed E-state index contributed by atoms with van der Waals surface area (Å²) in [6, 6.07) is 9.59. The Hall–Kier alpha value is -2.71. The van der Waals surface area contributed by atoms with Crippen molar-refractivity contribution in [3.63, 3.8) is 0 Å². The average molecular weight is 415 g/mol. The minimum atomic E-state index is 0.376. The highest BCUT2D eigenvalue weighted by molar-refractivity contribution is 6.35. The molecule has 5 rings (SSSR count). The number of nitrogens with zero attached hydrogens (tertiary/aromatic N) is 8. The van der Waals surface area contributed by atoms with Crippen LogP contribution >= 0.6 is 23.2 Å². The van der Waals surface area contributed by atoms with Gasteiger partial charge in [0.1, 0.15) is 5.82 Å². The van der Waals surface area contributed by atoms with Gasteiger partial charge in [0.05, 0.1) is 12.2 Å². The van der Waals surface area contributed by atoms with Crippen LogP contribution in [0.4, 0.5) is 5.82 Å². The van der Waals surface area contributed by atoms with Gasteiger partial charge in [0.2, 0.25) is 0 Å². The topological polar surface area (TPSA) is 77.0 Å². The minimum absolute atomic E-state index is 0.376. The van der Waals surface area contributed by atoms with Crippen molar-refractivity contribution in [3.05, 3.63) is 52.8 Å². The SMILES string of the molecule is Clc1cc(Cl)cc(-c2nnc3ccc(N4CCC(n5ccnn5)CC4)nn23)c1. The van der Waals surface area contributed by atoms with Crippen molar-refractivity contribution in [1.29, 1.82) is 0 Å². The van der Waals surface area contributed by atoms with Gasteiger partial charge in [-0.1, -0.05) is 28.4 Å². The van der Waals surface area contributed by atoms with E-state index in [0.717, 1.165) is 37.3 Å². The van der Waals surface area contributed by atoms with Gasteiger partial charge < -0.3 is 4.90 Å². The van der Waals surface area contributed by atoms with Gasteiger partial charge in [-0.25, -0.2) is 4.68 Å². The Balaban J connectivity index is 1.44. The molecule has 142 valence electrons. The maximum Gasteiger partial charge on any atom is 0.185 e. The van der Waals surface area contributed by atoms with E-state index in [9.17, 15) is 0 Å². The molecule has 3 aromatic heterocycles. The van der Waals surface area contributed by atoms with Gasteiger partial charge in [0.15, 0.2) is 11.5 Å². The smallest absolute Gasteiger partial charge is 0.185 e. The fraction of sp³-hybridized carbons (Fsp3) is 0.278. The number of hydrogen-bond acceptors (Lipinski definition) is 6. The number of aromatic nitrogens is 7. The molecule has 0 amide bonds. The van der Waals surface area contributed by atoms with E-state index in [1.807, 2.05) is 35.1 Å². The molecule has 0 aliphatic carbocycles. The molecular formula is C18H16Cl2N8. The van der Waals surface area contributed by atoms with Crippen LogP contribution in [0.1, 0.15) is 18.9 Å². The van der Waals surface area contributed by atoms with E-state index < -0.39 is 0 Å². The molecule has 4 aromatic rings. The molecule has 0 unspecified atom stereocenters. The monoisotopic (exact) mass is 414 g/mol. The fourth-order valence-electron chi connectivity index (χ4n) is 3.58. The second-order valence-electron chi connectivity index (χ2n) is 6.74.